The maximum Gasteiger partial charge on any atom is 0.144 e. The standard InChI is InChI=1S/C12H13ClN4/c1-14-8-12-15-7-6-11(17-12)16-10-5-3-2-4-9(10)13/h2-7,14H,8H2,1H3,(H,15,16,17). The van der Waals surface area contributed by atoms with Crippen molar-refractivity contribution in [2.45, 2.75) is 6.54 Å². The first-order chi connectivity index (χ1) is 8.29. The molecular weight excluding hydrogens is 236 g/mol. The molecule has 0 aliphatic rings. The molecule has 1 aromatic carbocycles. The summed E-state index contributed by atoms with van der Waals surface area (Å²) in [7, 11) is 1.86. The zero-order valence-corrected chi connectivity index (χ0v) is 10.2. The molecule has 1 heterocycles. The number of hydrogen-bond acceptors (Lipinski definition) is 4. The van der Waals surface area contributed by atoms with Gasteiger partial charge in [-0.2, -0.15) is 0 Å². The van der Waals surface area contributed by atoms with Gasteiger partial charge in [0, 0.05) is 6.20 Å². The summed E-state index contributed by atoms with van der Waals surface area (Å²) in [5.41, 5.74) is 0.836. The molecule has 0 aliphatic carbocycles. The molecule has 1 aromatic heterocycles. The number of benzene rings is 1. The van der Waals surface area contributed by atoms with Crippen molar-refractivity contribution in [3.8, 4) is 0 Å². The molecular formula is C12H13ClN4. The number of anilines is 2. The van der Waals surface area contributed by atoms with Crippen LogP contribution in [0, 0.1) is 0 Å². The highest BCUT2D eigenvalue weighted by Gasteiger charge is 2.01. The lowest BCUT2D eigenvalue weighted by Gasteiger charge is -2.08. The van der Waals surface area contributed by atoms with E-state index in [-0.39, 0.29) is 0 Å². The van der Waals surface area contributed by atoms with E-state index in [0.717, 1.165) is 17.3 Å². The highest BCUT2D eigenvalue weighted by molar-refractivity contribution is 6.33. The highest BCUT2D eigenvalue weighted by Crippen LogP contribution is 2.23. The summed E-state index contributed by atoms with van der Waals surface area (Å²) < 4.78 is 0. The first-order valence-corrected chi connectivity index (χ1v) is 5.65. The van der Waals surface area contributed by atoms with Gasteiger partial charge in [-0.1, -0.05) is 23.7 Å². The second-order valence-electron chi connectivity index (χ2n) is 3.49. The lowest BCUT2D eigenvalue weighted by molar-refractivity contribution is 0.759. The number of hydrogen-bond donors (Lipinski definition) is 2. The van der Waals surface area contributed by atoms with E-state index in [1.165, 1.54) is 0 Å². The van der Waals surface area contributed by atoms with Gasteiger partial charge in [0.15, 0.2) is 0 Å². The first-order valence-electron chi connectivity index (χ1n) is 5.27. The lowest BCUT2D eigenvalue weighted by atomic mass is 10.3. The molecule has 0 unspecified atom stereocenters. The molecule has 0 bridgehead atoms. The first kappa shape index (κ1) is 11.8. The number of para-hydroxylation sites is 1. The number of aromatic nitrogens is 2. The Morgan fingerprint density at radius 3 is 2.82 bits per heavy atom. The fourth-order valence-corrected chi connectivity index (χ4v) is 1.60. The molecule has 2 rings (SSSR count). The average Bonchev–Trinajstić information content (AvgIpc) is 2.33. The van der Waals surface area contributed by atoms with Crippen LogP contribution in [0.25, 0.3) is 0 Å². The van der Waals surface area contributed by atoms with Gasteiger partial charge < -0.3 is 10.6 Å². The van der Waals surface area contributed by atoms with Crippen LogP contribution in [0.5, 0.6) is 0 Å². The lowest BCUT2D eigenvalue weighted by Crippen LogP contribution is -2.09. The van der Waals surface area contributed by atoms with E-state index in [1.54, 1.807) is 6.20 Å². The van der Waals surface area contributed by atoms with Crippen LogP contribution in [0.15, 0.2) is 36.5 Å². The van der Waals surface area contributed by atoms with E-state index >= 15 is 0 Å². The molecule has 4 nitrogen and oxygen atoms in total. The summed E-state index contributed by atoms with van der Waals surface area (Å²) in [4.78, 5) is 8.50. The van der Waals surface area contributed by atoms with Crippen molar-refractivity contribution >= 4 is 23.1 Å². The Bertz CT molecular complexity index is 501. The van der Waals surface area contributed by atoms with E-state index in [2.05, 4.69) is 20.6 Å². The van der Waals surface area contributed by atoms with Crippen LogP contribution in [0.2, 0.25) is 5.02 Å². The summed E-state index contributed by atoms with van der Waals surface area (Å²) in [5.74, 6) is 1.47. The third-order valence-electron chi connectivity index (χ3n) is 2.18. The molecule has 0 aliphatic heterocycles. The van der Waals surface area contributed by atoms with E-state index in [1.807, 2.05) is 37.4 Å². The monoisotopic (exact) mass is 248 g/mol. The second-order valence-corrected chi connectivity index (χ2v) is 3.90. The van der Waals surface area contributed by atoms with Gasteiger partial charge in [0.1, 0.15) is 11.6 Å². The van der Waals surface area contributed by atoms with Crippen molar-refractivity contribution in [3.05, 3.63) is 47.4 Å². The third kappa shape index (κ3) is 3.15. The minimum Gasteiger partial charge on any atom is -0.339 e. The van der Waals surface area contributed by atoms with Crippen LogP contribution in [-0.4, -0.2) is 17.0 Å². The van der Waals surface area contributed by atoms with E-state index in [0.29, 0.717) is 11.6 Å². The van der Waals surface area contributed by atoms with Crippen LogP contribution in [0.1, 0.15) is 5.82 Å². The summed E-state index contributed by atoms with van der Waals surface area (Å²) >= 11 is 6.06. The summed E-state index contributed by atoms with van der Waals surface area (Å²) in [5, 5.41) is 6.84. The van der Waals surface area contributed by atoms with Crippen LogP contribution in [0.3, 0.4) is 0 Å². The molecule has 0 amide bonds. The van der Waals surface area contributed by atoms with Gasteiger partial charge >= 0.3 is 0 Å². The van der Waals surface area contributed by atoms with Crippen molar-refractivity contribution in [1.82, 2.24) is 15.3 Å². The predicted octanol–water partition coefficient (Wildman–Crippen LogP) is 2.59. The minimum atomic E-state index is 0.637. The molecule has 0 saturated carbocycles. The summed E-state index contributed by atoms with van der Waals surface area (Å²) in [6.45, 7) is 0.637. The largest absolute Gasteiger partial charge is 0.339 e. The molecule has 88 valence electrons. The Hall–Kier alpha value is -1.65. The van der Waals surface area contributed by atoms with Crippen molar-refractivity contribution in [2.75, 3.05) is 12.4 Å². The van der Waals surface area contributed by atoms with Gasteiger partial charge in [0.05, 0.1) is 17.3 Å². The topological polar surface area (TPSA) is 49.8 Å². The Morgan fingerprint density at radius 2 is 2.06 bits per heavy atom. The molecule has 0 atom stereocenters. The van der Waals surface area contributed by atoms with Crippen LogP contribution in [0.4, 0.5) is 11.5 Å². The number of halogens is 1. The number of nitrogens with one attached hydrogen (secondary N) is 2. The maximum atomic E-state index is 6.06. The van der Waals surface area contributed by atoms with Crippen LogP contribution in [-0.2, 0) is 6.54 Å². The van der Waals surface area contributed by atoms with E-state index < -0.39 is 0 Å². The Morgan fingerprint density at radius 1 is 1.24 bits per heavy atom. The number of rotatable bonds is 4. The minimum absolute atomic E-state index is 0.637. The Balaban J connectivity index is 2.18. The zero-order valence-electron chi connectivity index (χ0n) is 9.44. The quantitative estimate of drug-likeness (QED) is 0.873. The predicted molar refractivity (Wildman–Crippen MR) is 69.5 cm³/mol. The molecule has 2 N–H and O–H groups in total. The fourth-order valence-electron chi connectivity index (χ4n) is 1.41. The van der Waals surface area contributed by atoms with Crippen LogP contribution >= 0.6 is 11.6 Å². The molecule has 0 fully saturated rings. The van der Waals surface area contributed by atoms with Crippen molar-refractivity contribution in [1.29, 1.82) is 0 Å². The average molecular weight is 249 g/mol. The molecule has 0 saturated heterocycles. The zero-order chi connectivity index (χ0) is 12.1. The van der Waals surface area contributed by atoms with E-state index in [9.17, 15) is 0 Å². The SMILES string of the molecule is CNCc1nccc(Nc2ccccc2Cl)n1. The van der Waals surface area contributed by atoms with Gasteiger partial charge in [-0.3, -0.25) is 0 Å². The second kappa shape index (κ2) is 5.61. The maximum absolute atomic E-state index is 6.06. The van der Waals surface area contributed by atoms with Gasteiger partial charge in [0.2, 0.25) is 0 Å². The Kier molecular flexibility index (Phi) is 3.90. The van der Waals surface area contributed by atoms with Gasteiger partial charge in [-0.25, -0.2) is 9.97 Å². The normalized spacial score (nSPS) is 10.2. The summed E-state index contributed by atoms with van der Waals surface area (Å²) in [6.07, 6.45) is 1.72. The highest BCUT2D eigenvalue weighted by atomic mass is 35.5. The molecule has 2 aromatic rings. The van der Waals surface area contributed by atoms with Crippen molar-refractivity contribution in [2.24, 2.45) is 0 Å². The van der Waals surface area contributed by atoms with E-state index in [4.69, 9.17) is 11.6 Å². The molecule has 0 radical (unpaired) electrons. The van der Waals surface area contributed by atoms with Crippen molar-refractivity contribution < 1.29 is 0 Å². The fraction of sp³-hybridized carbons (Fsp3) is 0.167. The molecule has 0 spiro atoms. The molecule has 17 heavy (non-hydrogen) atoms. The number of nitrogens with zero attached hydrogens (tertiary/aromatic N) is 2. The Labute approximate surface area is 105 Å². The summed E-state index contributed by atoms with van der Waals surface area (Å²) in [6, 6.07) is 9.36. The van der Waals surface area contributed by atoms with Gasteiger partial charge in [0.25, 0.3) is 0 Å². The van der Waals surface area contributed by atoms with Gasteiger partial charge in [-0.15, -0.1) is 0 Å². The van der Waals surface area contributed by atoms with Crippen molar-refractivity contribution in [3.63, 3.8) is 0 Å². The van der Waals surface area contributed by atoms with Gasteiger partial charge in [-0.05, 0) is 25.2 Å². The molecule has 5 heteroatoms. The van der Waals surface area contributed by atoms with Crippen LogP contribution < -0.4 is 10.6 Å². The smallest absolute Gasteiger partial charge is 0.144 e. The third-order valence-corrected chi connectivity index (χ3v) is 2.51.